The number of nitrogens with one attached hydrogen (secondary N) is 2. The number of hydrogen-bond donors (Lipinski definition) is 2. The summed E-state index contributed by atoms with van der Waals surface area (Å²) in [4.78, 5) is 26.1. The van der Waals surface area contributed by atoms with Crippen LogP contribution < -0.4 is 10.6 Å². The molecule has 0 saturated heterocycles. The number of thioether (sulfide) groups is 1. The summed E-state index contributed by atoms with van der Waals surface area (Å²) in [5, 5.41) is 5.34. The Hall–Kier alpha value is -2.67. The SMILES string of the molecule is CCNC(=O)Nc1ccc2ncc(-c3ccc(SC)cc3)nc2n1. The minimum Gasteiger partial charge on any atom is -0.338 e. The lowest BCUT2D eigenvalue weighted by Crippen LogP contribution is -2.28. The molecule has 2 aromatic heterocycles. The average molecular weight is 339 g/mol. The van der Waals surface area contributed by atoms with E-state index in [0.717, 1.165) is 11.3 Å². The fraction of sp³-hybridized carbons (Fsp3) is 0.176. The van der Waals surface area contributed by atoms with Crippen molar-refractivity contribution in [3.8, 4) is 11.3 Å². The molecule has 0 atom stereocenters. The maximum Gasteiger partial charge on any atom is 0.320 e. The first-order valence-corrected chi connectivity index (χ1v) is 8.75. The summed E-state index contributed by atoms with van der Waals surface area (Å²) in [7, 11) is 0. The van der Waals surface area contributed by atoms with Crippen molar-refractivity contribution in [1.29, 1.82) is 0 Å². The normalized spacial score (nSPS) is 10.6. The zero-order valence-corrected chi connectivity index (χ0v) is 14.2. The molecule has 24 heavy (non-hydrogen) atoms. The van der Waals surface area contributed by atoms with Crippen LogP contribution in [0.15, 0.2) is 47.5 Å². The van der Waals surface area contributed by atoms with E-state index in [1.807, 2.05) is 37.4 Å². The summed E-state index contributed by atoms with van der Waals surface area (Å²) in [6, 6.07) is 11.3. The molecule has 0 aliphatic carbocycles. The van der Waals surface area contributed by atoms with Gasteiger partial charge in [0.25, 0.3) is 0 Å². The first kappa shape index (κ1) is 16.2. The van der Waals surface area contributed by atoms with Crippen molar-refractivity contribution in [2.24, 2.45) is 0 Å². The van der Waals surface area contributed by atoms with E-state index < -0.39 is 0 Å². The van der Waals surface area contributed by atoms with E-state index >= 15 is 0 Å². The highest BCUT2D eigenvalue weighted by Crippen LogP contribution is 2.22. The number of anilines is 1. The van der Waals surface area contributed by atoms with Gasteiger partial charge >= 0.3 is 6.03 Å². The van der Waals surface area contributed by atoms with Crippen LogP contribution in [0.4, 0.5) is 10.6 Å². The largest absolute Gasteiger partial charge is 0.338 e. The highest BCUT2D eigenvalue weighted by atomic mass is 32.2. The van der Waals surface area contributed by atoms with Crippen molar-refractivity contribution >= 4 is 34.8 Å². The lowest BCUT2D eigenvalue weighted by molar-refractivity contribution is 0.252. The Morgan fingerprint density at radius 3 is 2.62 bits per heavy atom. The van der Waals surface area contributed by atoms with Gasteiger partial charge in [0.05, 0.1) is 11.9 Å². The van der Waals surface area contributed by atoms with Crippen LogP contribution in [0.3, 0.4) is 0 Å². The van der Waals surface area contributed by atoms with Gasteiger partial charge in [0.2, 0.25) is 0 Å². The number of benzene rings is 1. The molecular formula is C17H17N5OS. The molecule has 3 rings (SSSR count). The third kappa shape index (κ3) is 3.62. The minimum absolute atomic E-state index is 0.291. The zero-order valence-electron chi connectivity index (χ0n) is 13.4. The van der Waals surface area contributed by atoms with E-state index in [2.05, 4.69) is 25.6 Å². The molecule has 0 radical (unpaired) electrons. The van der Waals surface area contributed by atoms with E-state index in [0.29, 0.717) is 23.5 Å². The molecule has 0 saturated carbocycles. The van der Waals surface area contributed by atoms with Gasteiger partial charge in [-0.3, -0.25) is 10.3 Å². The summed E-state index contributed by atoms with van der Waals surface area (Å²) >= 11 is 1.69. The van der Waals surface area contributed by atoms with Crippen molar-refractivity contribution in [2.75, 3.05) is 18.1 Å². The Bertz CT molecular complexity index is 866. The Kier molecular flexibility index (Phi) is 4.90. The molecule has 0 aliphatic rings. The fourth-order valence-corrected chi connectivity index (χ4v) is 2.60. The predicted molar refractivity (Wildman–Crippen MR) is 97.2 cm³/mol. The number of urea groups is 1. The summed E-state index contributed by atoms with van der Waals surface area (Å²) in [5.74, 6) is 0.442. The Labute approximate surface area is 144 Å². The van der Waals surface area contributed by atoms with Gasteiger partial charge in [0.1, 0.15) is 11.3 Å². The molecule has 0 bridgehead atoms. The van der Waals surface area contributed by atoms with Crippen LogP contribution in [-0.4, -0.2) is 33.8 Å². The van der Waals surface area contributed by atoms with Crippen LogP contribution in [0.25, 0.3) is 22.4 Å². The lowest BCUT2D eigenvalue weighted by Gasteiger charge is -2.07. The second-order valence-electron chi connectivity index (χ2n) is 5.01. The molecule has 0 aliphatic heterocycles. The summed E-state index contributed by atoms with van der Waals surface area (Å²) < 4.78 is 0. The van der Waals surface area contributed by atoms with Crippen LogP contribution in [0.1, 0.15) is 6.92 Å². The number of carbonyl (C=O) groups is 1. The molecule has 0 spiro atoms. The number of fused-ring (bicyclic) bond motifs is 1. The molecule has 3 aromatic rings. The summed E-state index contributed by atoms with van der Waals surface area (Å²) in [5.41, 5.74) is 2.90. The van der Waals surface area contributed by atoms with Gasteiger partial charge in [-0.15, -0.1) is 11.8 Å². The van der Waals surface area contributed by atoms with Crippen LogP contribution in [0, 0.1) is 0 Å². The Morgan fingerprint density at radius 2 is 1.92 bits per heavy atom. The molecule has 2 N–H and O–H groups in total. The van der Waals surface area contributed by atoms with Crippen molar-refractivity contribution in [1.82, 2.24) is 20.3 Å². The van der Waals surface area contributed by atoms with Gasteiger partial charge in [-0.05, 0) is 37.4 Å². The first-order chi connectivity index (χ1) is 11.7. The van der Waals surface area contributed by atoms with Crippen LogP contribution in [0.5, 0.6) is 0 Å². The van der Waals surface area contributed by atoms with Gasteiger partial charge in [0.15, 0.2) is 5.65 Å². The summed E-state index contributed by atoms with van der Waals surface area (Å²) in [6.07, 6.45) is 3.77. The molecular weight excluding hydrogens is 322 g/mol. The first-order valence-electron chi connectivity index (χ1n) is 7.52. The van der Waals surface area contributed by atoms with Gasteiger partial charge in [-0.2, -0.15) is 0 Å². The van der Waals surface area contributed by atoms with Crippen LogP contribution in [0.2, 0.25) is 0 Å². The molecule has 0 fully saturated rings. The van der Waals surface area contributed by atoms with Gasteiger partial charge in [0, 0.05) is 17.0 Å². The number of hydrogen-bond acceptors (Lipinski definition) is 5. The molecule has 1 aromatic carbocycles. The van der Waals surface area contributed by atoms with Crippen molar-refractivity contribution < 1.29 is 4.79 Å². The van der Waals surface area contributed by atoms with E-state index in [-0.39, 0.29) is 6.03 Å². The summed E-state index contributed by atoms with van der Waals surface area (Å²) in [6.45, 7) is 2.41. The highest BCUT2D eigenvalue weighted by Gasteiger charge is 2.07. The molecule has 6 nitrogen and oxygen atoms in total. The quantitative estimate of drug-likeness (QED) is 0.711. The van der Waals surface area contributed by atoms with Crippen LogP contribution in [-0.2, 0) is 0 Å². The second kappa shape index (κ2) is 7.27. The third-order valence-electron chi connectivity index (χ3n) is 3.37. The highest BCUT2D eigenvalue weighted by molar-refractivity contribution is 7.98. The third-order valence-corrected chi connectivity index (χ3v) is 4.12. The van der Waals surface area contributed by atoms with Crippen molar-refractivity contribution in [2.45, 2.75) is 11.8 Å². The molecule has 0 unspecified atom stereocenters. The topological polar surface area (TPSA) is 79.8 Å². The van der Waals surface area contributed by atoms with E-state index in [1.165, 1.54) is 4.90 Å². The number of carbonyl (C=O) groups excluding carboxylic acids is 1. The fourth-order valence-electron chi connectivity index (χ4n) is 2.19. The Balaban J connectivity index is 1.91. The second-order valence-corrected chi connectivity index (χ2v) is 5.89. The van der Waals surface area contributed by atoms with Crippen LogP contribution >= 0.6 is 11.8 Å². The number of pyridine rings is 1. The van der Waals surface area contributed by atoms with E-state index in [9.17, 15) is 4.79 Å². The number of amides is 2. The van der Waals surface area contributed by atoms with E-state index in [4.69, 9.17) is 0 Å². The van der Waals surface area contributed by atoms with Crippen molar-refractivity contribution in [3.05, 3.63) is 42.6 Å². The monoisotopic (exact) mass is 339 g/mol. The number of nitrogens with zero attached hydrogens (tertiary/aromatic N) is 3. The number of aromatic nitrogens is 3. The molecule has 2 amide bonds. The number of rotatable bonds is 4. The standard InChI is InChI=1S/C17H17N5OS/c1-3-18-17(23)22-15-9-8-13-16(21-15)20-14(10-19-13)11-4-6-12(24-2)7-5-11/h4-10H,3H2,1-2H3,(H2,18,20,21,22,23). The van der Waals surface area contributed by atoms with Gasteiger partial charge in [-0.25, -0.2) is 14.8 Å². The zero-order chi connectivity index (χ0) is 16.9. The smallest absolute Gasteiger partial charge is 0.320 e. The average Bonchev–Trinajstić information content (AvgIpc) is 2.61. The van der Waals surface area contributed by atoms with Gasteiger partial charge < -0.3 is 5.32 Å². The van der Waals surface area contributed by atoms with E-state index in [1.54, 1.807) is 30.1 Å². The maximum absolute atomic E-state index is 11.6. The van der Waals surface area contributed by atoms with Crippen molar-refractivity contribution in [3.63, 3.8) is 0 Å². The Morgan fingerprint density at radius 1 is 1.12 bits per heavy atom. The van der Waals surface area contributed by atoms with Gasteiger partial charge in [-0.1, -0.05) is 12.1 Å². The maximum atomic E-state index is 11.6. The molecule has 122 valence electrons. The lowest BCUT2D eigenvalue weighted by atomic mass is 10.1. The molecule has 2 heterocycles. The molecule has 7 heteroatoms. The minimum atomic E-state index is -0.291. The predicted octanol–water partition coefficient (Wildman–Crippen LogP) is 3.56.